The number of rotatable bonds is 4. The number of urea groups is 1. The van der Waals surface area contributed by atoms with E-state index in [1.165, 1.54) is 0 Å². The minimum absolute atomic E-state index is 0.0600. The Balaban J connectivity index is 1.33. The van der Waals surface area contributed by atoms with E-state index in [2.05, 4.69) is 34.9 Å². The quantitative estimate of drug-likeness (QED) is 0.761. The van der Waals surface area contributed by atoms with E-state index < -0.39 is 0 Å². The van der Waals surface area contributed by atoms with Crippen molar-refractivity contribution in [1.29, 1.82) is 0 Å². The van der Waals surface area contributed by atoms with Crippen molar-refractivity contribution in [3.8, 4) is 0 Å². The molecule has 5 nitrogen and oxygen atoms in total. The Morgan fingerprint density at radius 3 is 2.57 bits per heavy atom. The van der Waals surface area contributed by atoms with Gasteiger partial charge in [0.2, 0.25) is 0 Å². The molecule has 0 radical (unpaired) electrons. The molecule has 2 unspecified atom stereocenters. The minimum Gasteiger partial charge on any atom is -0.373 e. The summed E-state index contributed by atoms with van der Waals surface area (Å²) < 4.78 is 11.8. The average Bonchev–Trinajstić information content (AvgIpc) is 3.27. The first kappa shape index (κ1) is 19.3. The van der Waals surface area contributed by atoms with Crippen LogP contribution in [0.2, 0.25) is 10.0 Å². The van der Waals surface area contributed by atoms with E-state index in [0.29, 0.717) is 28.9 Å². The first-order valence-corrected chi connectivity index (χ1v) is 9.85. The molecule has 0 saturated carbocycles. The molecular formula is C21H20Cl2N2O3. The molecule has 0 aliphatic carbocycles. The fourth-order valence-electron chi connectivity index (χ4n) is 3.53. The molecule has 2 saturated heterocycles. The predicted octanol–water partition coefficient (Wildman–Crippen LogP) is 4.61. The molecule has 2 amide bonds. The third-order valence-corrected chi connectivity index (χ3v) is 5.66. The Morgan fingerprint density at radius 1 is 1.00 bits per heavy atom. The molecule has 2 aliphatic rings. The van der Waals surface area contributed by atoms with Crippen LogP contribution < -0.4 is 10.6 Å². The Morgan fingerprint density at radius 2 is 1.79 bits per heavy atom. The standard InChI is InChI=1S/C21H20Cl2N2O3/c22-16-9-8-15(10-17(16)23)24-21(26)25-18-12-28-19-14(11-27-20(18)19)7-6-13-4-2-1-3-5-13/h1-10,14,18-20H,11-12H2,(H2,24,25,26)/b7-6-/t14-,18+,19?,20?/m1/s1. The molecule has 2 N–H and O–H groups in total. The van der Waals surface area contributed by atoms with Gasteiger partial charge in [-0.2, -0.15) is 0 Å². The topological polar surface area (TPSA) is 59.6 Å². The Hall–Kier alpha value is -2.05. The lowest BCUT2D eigenvalue weighted by atomic mass is 9.99. The van der Waals surface area contributed by atoms with Gasteiger partial charge in [-0.3, -0.25) is 0 Å². The van der Waals surface area contributed by atoms with Crippen molar-refractivity contribution in [2.24, 2.45) is 5.92 Å². The molecule has 0 aromatic heterocycles. The number of carbonyl (C=O) groups excluding carboxylic acids is 1. The molecule has 2 fully saturated rings. The number of amides is 2. The van der Waals surface area contributed by atoms with Gasteiger partial charge in [-0.1, -0.05) is 65.7 Å². The van der Waals surface area contributed by atoms with Crippen molar-refractivity contribution in [1.82, 2.24) is 5.32 Å². The Kier molecular flexibility index (Phi) is 5.87. The molecule has 0 bridgehead atoms. The summed E-state index contributed by atoms with van der Waals surface area (Å²) in [7, 11) is 0. The number of hydrogen-bond donors (Lipinski definition) is 2. The summed E-state index contributed by atoms with van der Waals surface area (Å²) in [4.78, 5) is 12.3. The van der Waals surface area contributed by atoms with Crippen molar-refractivity contribution >= 4 is 41.0 Å². The number of anilines is 1. The second-order valence-electron chi connectivity index (χ2n) is 6.86. The van der Waals surface area contributed by atoms with Crippen LogP contribution in [0.25, 0.3) is 6.08 Å². The number of ether oxygens (including phenoxy) is 2. The Bertz CT molecular complexity index is 875. The number of benzene rings is 2. The normalized spacial score (nSPS) is 26.4. The SMILES string of the molecule is O=C(Nc1ccc(Cl)c(Cl)c1)N[C@H]1COC2C1OC[C@H]2/C=C\c1ccccc1. The first-order chi connectivity index (χ1) is 13.6. The van der Waals surface area contributed by atoms with Crippen molar-refractivity contribution in [2.75, 3.05) is 18.5 Å². The van der Waals surface area contributed by atoms with E-state index in [1.54, 1.807) is 18.2 Å². The zero-order valence-corrected chi connectivity index (χ0v) is 16.5. The van der Waals surface area contributed by atoms with E-state index in [1.807, 2.05) is 18.2 Å². The van der Waals surface area contributed by atoms with Crippen molar-refractivity contribution in [2.45, 2.75) is 18.2 Å². The number of carbonyl (C=O) groups is 1. The predicted molar refractivity (Wildman–Crippen MR) is 111 cm³/mol. The largest absolute Gasteiger partial charge is 0.373 e. The molecule has 0 spiro atoms. The molecule has 7 heteroatoms. The van der Waals surface area contributed by atoms with Crippen molar-refractivity contribution < 1.29 is 14.3 Å². The maximum Gasteiger partial charge on any atom is 0.319 e. The monoisotopic (exact) mass is 418 g/mol. The Labute approximate surface area is 173 Å². The van der Waals surface area contributed by atoms with E-state index in [0.717, 1.165) is 5.56 Å². The van der Waals surface area contributed by atoms with Crippen LogP contribution in [0, 0.1) is 5.92 Å². The van der Waals surface area contributed by atoms with Gasteiger partial charge in [0.1, 0.15) is 6.10 Å². The maximum atomic E-state index is 12.3. The van der Waals surface area contributed by atoms with Crippen LogP contribution in [0.15, 0.2) is 54.6 Å². The molecule has 146 valence electrons. The van der Waals surface area contributed by atoms with Gasteiger partial charge in [-0.05, 0) is 23.8 Å². The van der Waals surface area contributed by atoms with Crippen molar-refractivity contribution in [3.63, 3.8) is 0 Å². The average molecular weight is 419 g/mol. The van der Waals surface area contributed by atoms with Gasteiger partial charge < -0.3 is 20.1 Å². The van der Waals surface area contributed by atoms with Crippen LogP contribution in [0.4, 0.5) is 10.5 Å². The van der Waals surface area contributed by atoms with Crippen molar-refractivity contribution in [3.05, 3.63) is 70.2 Å². The van der Waals surface area contributed by atoms with Crippen LogP contribution in [-0.2, 0) is 9.47 Å². The molecule has 4 rings (SSSR count). The molecule has 28 heavy (non-hydrogen) atoms. The number of fused-ring (bicyclic) bond motifs is 1. The lowest BCUT2D eigenvalue weighted by Gasteiger charge is -2.18. The molecular weight excluding hydrogens is 399 g/mol. The van der Waals surface area contributed by atoms with E-state index in [9.17, 15) is 4.79 Å². The van der Waals surface area contributed by atoms with E-state index in [-0.39, 0.29) is 30.2 Å². The van der Waals surface area contributed by atoms with Crippen LogP contribution >= 0.6 is 23.2 Å². The third-order valence-electron chi connectivity index (χ3n) is 4.92. The van der Waals surface area contributed by atoms with Gasteiger partial charge in [-0.25, -0.2) is 4.79 Å². The first-order valence-electron chi connectivity index (χ1n) is 9.09. The highest BCUT2D eigenvalue weighted by molar-refractivity contribution is 6.42. The maximum absolute atomic E-state index is 12.3. The molecule has 2 aliphatic heterocycles. The summed E-state index contributed by atoms with van der Waals surface area (Å²) >= 11 is 11.9. The smallest absolute Gasteiger partial charge is 0.319 e. The molecule has 2 heterocycles. The lowest BCUT2D eigenvalue weighted by Crippen LogP contribution is -2.45. The van der Waals surface area contributed by atoms with Crippen LogP contribution in [0.1, 0.15) is 5.56 Å². The molecule has 4 atom stereocenters. The van der Waals surface area contributed by atoms with E-state index in [4.69, 9.17) is 32.7 Å². The summed E-state index contributed by atoms with van der Waals surface area (Å²) in [6.45, 7) is 0.991. The van der Waals surface area contributed by atoms with Gasteiger partial charge in [0, 0.05) is 11.6 Å². The number of halogens is 2. The van der Waals surface area contributed by atoms with Gasteiger partial charge >= 0.3 is 6.03 Å². The van der Waals surface area contributed by atoms with Gasteiger partial charge in [0.05, 0.1) is 35.4 Å². The summed E-state index contributed by atoms with van der Waals surface area (Å²) in [5, 5.41) is 6.51. The number of nitrogens with one attached hydrogen (secondary N) is 2. The highest BCUT2D eigenvalue weighted by atomic mass is 35.5. The van der Waals surface area contributed by atoms with Gasteiger partial charge in [-0.15, -0.1) is 0 Å². The highest BCUT2D eigenvalue weighted by Gasteiger charge is 2.47. The fraction of sp³-hybridized carbons (Fsp3) is 0.286. The number of hydrogen-bond acceptors (Lipinski definition) is 3. The second kappa shape index (κ2) is 8.53. The summed E-state index contributed by atoms with van der Waals surface area (Å²) in [5.74, 6) is 0.162. The summed E-state index contributed by atoms with van der Waals surface area (Å²) in [6.07, 6.45) is 3.98. The summed E-state index contributed by atoms with van der Waals surface area (Å²) in [5.41, 5.74) is 1.71. The second-order valence-corrected chi connectivity index (χ2v) is 7.68. The van der Waals surface area contributed by atoms with Gasteiger partial charge in [0.15, 0.2) is 0 Å². The van der Waals surface area contributed by atoms with Gasteiger partial charge in [0.25, 0.3) is 0 Å². The van der Waals surface area contributed by atoms with Crippen LogP contribution in [-0.4, -0.2) is 37.5 Å². The minimum atomic E-state index is -0.334. The molecule has 2 aromatic carbocycles. The summed E-state index contributed by atoms with van der Waals surface area (Å²) in [6, 6.07) is 14.5. The lowest BCUT2D eigenvalue weighted by molar-refractivity contribution is 0.0662. The molecule has 2 aromatic rings. The van der Waals surface area contributed by atoms with Crippen LogP contribution in [0.3, 0.4) is 0 Å². The highest BCUT2D eigenvalue weighted by Crippen LogP contribution is 2.32. The zero-order chi connectivity index (χ0) is 19.5. The van der Waals surface area contributed by atoms with E-state index >= 15 is 0 Å². The third kappa shape index (κ3) is 4.33. The zero-order valence-electron chi connectivity index (χ0n) is 15.0. The fourth-order valence-corrected chi connectivity index (χ4v) is 3.82. The van der Waals surface area contributed by atoms with Crippen LogP contribution in [0.5, 0.6) is 0 Å².